The highest BCUT2D eigenvalue weighted by Gasteiger charge is 2.52. The average molecular weight is 541 g/mol. The molecule has 4 rings (SSSR count). The van der Waals surface area contributed by atoms with Gasteiger partial charge in [0.15, 0.2) is 12.2 Å². The Morgan fingerprint density at radius 2 is 1.13 bits per heavy atom. The SMILES string of the molecule is CS(=O)(=O)O[C@H]1[C@H](OC(=O)c2ccccc2)O[C@H](COC(=O)c2ccccc2)[C@H]1OC(=O)c1ccccc1. The maximum Gasteiger partial charge on any atom is 0.340 e. The fourth-order valence-electron chi connectivity index (χ4n) is 3.70. The van der Waals surface area contributed by atoms with Gasteiger partial charge in [-0.3, -0.25) is 4.18 Å². The molecule has 1 fully saturated rings. The van der Waals surface area contributed by atoms with E-state index in [0.29, 0.717) is 0 Å². The van der Waals surface area contributed by atoms with E-state index in [1.54, 1.807) is 66.7 Å². The van der Waals surface area contributed by atoms with Gasteiger partial charge in [0, 0.05) is 0 Å². The van der Waals surface area contributed by atoms with Crippen molar-refractivity contribution in [3.05, 3.63) is 108 Å². The maximum absolute atomic E-state index is 12.9. The highest BCUT2D eigenvalue weighted by atomic mass is 32.2. The Kier molecular flexibility index (Phi) is 8.52. The predicted octanol–water partition coefficient (Wildman–Crippen LogP) is 3.00. The van der Waals surface area contributed by atoms with Gasteiger partial charge in [-0.1, -0.05) is 54.6 Å². The van der Waals surface area contributed by atoms with E-state index in [9.17, 15) is 22.8 Å². The molecule has 0 bridgehead atoms. The van der Waals surface area contributed by atoms with Crippen LogP contribution in [-0.4, -0.2) is 63.8 Å². The molecule has 38 heavy (non-hydrogen) atoms. The summed E-state index contributed by atoms with van der Waals surface area (Å²) in [5.41, 5.74) is 0.612. The molecule has 0 aliphatic carbocycles. The van der Waals surface area contributed by atoms with Crippen molar-refractivity contribution >= 4 is 28.0 Å². The van der Waals surface area contributed by atoms with Crippen molar-refractivity contribution in [1.29, 1.82) is 0 Å². The first-order valence-electron chi connectivity index (χ1n) is 11.5. The van der Waals surface area contributed by atoms with E-state index in [1.165, 1.54) is 24.3 Å². The summed E-state index contributed by atoms with van der Waals surface area (Å²) in [6, 6.07) is 24.0. The summed E-state index contributed by atoms with van der Waals surface area (Å²) < 4.78 is 51.5. The first-order chi connectivity index (χ1) is 18.2. The second-order valence-corrected chi connectivity index (χ2v) is 9.88. The standard InChI is InChI=1S/C27H24O10S/c1-38(31,32)37-23-22(35-25(29)19-13-7-3-8-14-19)21(17-33-24(28)18-11-5-2-6-12-18)34-27(23)36-26(30)20-15-9-4-10-16-20/h2-16,21-23,27H,17H2,1H3/t21-,22-,23-,27+/m1/s1. The van der Waals surface area contributed by atoms with Crippen LogP contribution in [0, 0.1) is 0 Å². The highest BCUT2D eigenvalue weighted by molar-refractivity contribution is 7.86. The highest BCUT2D eigenvalue weighted by Crippen LogP contribution is 2.31. The Balaban J connectivity index is 1.60. The maximum atomic E-state index is 12.9. The second kappa shape index (κ2) is 12.0. The lowest BCUT2D eigenvalue weighted by atomic mass is 10.1. The first-order valence-corrected chi connectivity index (χ1v) is 13.3. The van der Waals surface area contributed by atoms with Crippen LogP contribution in [0.2, 0.25) is 0 Å². The van der Waals surface area contributed by atoms with E-state index in [4.69, 9.17) is 23.1 Å². The summed E-state index contributed by atoms with van der Waals surface area (Å²) in [6.07, 6.45) is -5.04. The topological polar surface area (TPSA) is 132 Å². The van der Waals surface area contributed by atoms with Crippen LogP contribution < -0.4 is 0 Å². The normalized spacial score (nSPS) is 20.9. The van der Waals surface area contributed by atoms with Gasteiger partial charge >= 0.3 is 17.9 Å². The van der Waals surface area contributed by atoms with Gasteiger partial charge < -0.3 is 18.9 Å². The van der Waals surface area contributed by atoms with Crippen molar-refractivity contribution in [2.24, 2.45) is 0 Å². The van der Waals surface area contributed by atoms with Crippen molar-refractivity contribution in [2.45, 2.75) is 24.6 Å². The number of ether oxygens (including phenoxy) is 4. The number of benzene rings is 3. The van der Waals surface area contributed by atoms with Crippen LogP contribution in [0.25, 0.3) is 0 Å². The molecule has 1 aliphatic heterocycles. The quantitative estimate of drug-likeness (QED) is 0.227. The van der Waals surface area contributed by atoms with Crippen LogP contribution in [0.5, 0.6) is 0 Å². The fraction of sp³-hybridized carbons (Fsp3) is 0.222. The predicted molar refractivity (Wildman–Crippen MR) is 133 cm³/mol. The Hall–Kier alpha value is -4.06. The summed E-state index contributed by atoms with van der Waals surface area (Å²) in [5, 5.41) is 0. The van der Waals surface area contributed by atoms with Crippen molar-refractivity contribution in [2.75, 3.05) is 12.9 Å². The molecule has 1 heterocycles. The van der Waals surface area contributed by atoms with Crippen LogP contribution in [0.3, 0.4) is 0 Å². The molecule has 3 aromatic carbocycles. The summed E-state index contributed by atoms with van der Waals surface area (Å²) in [4.78, 5) is 38.1. The van der Waals surface area contributed by atoms with Crippen molar-refractivity contribution in [3.63, 3.8) is 0 Å². The zero-order chi connectivity index (χ0) is 27.1. The van der Waals surface area contributed by atoms with Crippen LogP contribution in [-0.2, 0) is 33.2 Å². The largest absolute Gasteiger partial charge is 0.459 e. The minimum absolute atomic E-state index is 0.172. The van der Waals surface area contributed by atoms with Crippen LogP contribution in [0.1, 0.15) is 31.1 Å². The molecule has 3 aromatic rings. The molecule has 1 saturated heterocycles. The number of esters is 3. The van der Waals surface area contributed by atoms with E-state index < -0.39 is 59.2 Å². The third-order valence-electron chi connectivity index (χ3n) is 5.43. The number of hydrogen-bond acceptors (Lipinski definition) is 10. The van der Waals surface area contributed by atoms with Crippen molar-refractivity contribution < 1.29 is 45.9 Å². The number of carbonyl (C=O) groups excluding carboxylic acids is 3. The Labute approximate surface area is 219 Å². The van der Waals surface area contributed by atoms with Gasteiger partial charge in [-0.2, -0.15) is 8.42 Å². The Morgan fingerprint density at radius 3 is 1.61 bits per heavy atom. The molecule has 0 aromatic heterocycles. The second-order valence-electron chi connectivity index (χ2n) is 8.28. The van der Waals surface area contributed by atoms with Crippen LogP contribution in [0.4, 0.5) is 0 Å². The molecule has 4 atom stereocenters. The summed E-state index contributed by atoms with van der Waals surface area (Å²) in [6.45, 7) is -0.455. The van der Waals surface area contributed by atoms with Gasteiger partial charge in [0.25, 0.3) is 10.1 Å². The number of carbonyl (C=O) groups is 3. The van der Waals surface area contributed by atoms with Gasteiger partial charge in [0.2, 0.25) is 6.29 Å². The molecule has 10 nitrogen and oxygen atoms in total. The summed E-state index contributed by atoms with van der Waals surface area (Å²) >= 11 is 0. The number of rotatable bonds is 9. The van der Waals surface area contributed by atoms with Crippen molar-refractivity contribution in [1.82, 2.24) is 0 Å². The summed E-state index contributed by atoms with van der Waals surface area (Å²) in [7, 11) is -4.14. The third-order valence-corrected chi connectivity index (χ3v) is 6.00. The molecule has 0 unspecified atom stereocenters. The lowest BCUT2D eigenvalue weighted by Crippen LogP contribution is -2.42. The lowest BCUT2D eigenvalue weighted by Gasteiger charge is -2.23. The Morgan fingerprint density at radius 1 is 0.684 bits per heavy atom. The zero-order valence-electron chi connectivity index (χ0n) is 20.2. The molecular weight excluding hydrogens is 516 g/mol. The van der Waals surface area contributed by atoms with Gasteiger partial charge in [0.1, 0.15) is 12.7 Å². The van der Waals surface area contributed by atoms with Gasteiger partial charge in [-0.15, -0.1) is 0 Å². The molecule has 0 amide bonds. The zero-order valence-corrected chi connectivity index (χ0v) is 21.0. The monoisotopic (exact) mass is 540 g/mol. The van der Waals surface area contributed by atoms with Gasteiger partial charge in [0.05, 0.1) is 22.9 Å². The molecule has 0 saturated carbocycles. The van der Waals surface area contributed by atoms with Crippen LogP contribution in [0.15, 0.2) is 91.0 Å². The van der Waals surface area contributed by atoms with Gasteiger partial charge in [-0.25, -0.2) is 14.4 Å². The Bertz CT molecular complexity index is 1360. The van der Waals surface area contributed by atoms with E-state index in [2.05, 4.69) is 0 Å². The lowest BCUT2D eigenvalue weighted by molar-refractivity contribution is -0.135. The molecule has 0 radical (unpaired) electrons. The van der Waals surface area contributed by atoms with Crippen LogP contribution >= 0.6 is 0 Å². The van der Waals surface area contributed by atoms with E-state index in [1.807, 2.05) is 0 Å². The smallest absolute Gasteiger partial charge is 0.340 e. The molecule has 0 spiro atoms. The molecular formula is C27H24O10S. The first kappa shape index (κ1) is 27.0. The fourth-order valence-corrected chi connectivity index (χ4v) is 4.30. The van der Waals surface area contributed by atoms with Crippen molar-refractivity contribution in [3.8, 4) is 0 Å². The molecule has 198 valence electrons. The minimum atomic E-state index is -4.14. The van der Waals surface area contributed by atoms with E-state index >= 15 is 0 Å². The molecule has 1 aliphatic rings. The minimum Gasteiger partial charge on any atom is -0.459 e. The summed E-state index contributed by atoms with van der Waals surface area (Å²) in [5.74, 6) is -2.32. The number of hydrogen-bond donors (Lipinski definition) is 0. The van der Waals surface area contributed by atoms with E-state index in [0.717, 1.165) is 6.26 Å². The third kappa shape index (κ3) is 7.03. The van der Waals surface area contributed by atoms with Gasteiger partial charge in [-0.05, 0) is 36.4 Å². The molecule has 0 N–H and O–H groups in total. The molecule has 11 heteroatoms. The average Bonchev–Trinajstić information content (AvgIpc) is 3.22. The van der Waals surface area contributed by atoms with E-state index in [-0.39, 0.29) is 16.7 Å².